The second-order valence-corrected chi connectivity index (χ2v) is 5.96. The van der Waals surface area contributed by atoms with E-state index in [-0.39, 0.29) is 6.04 Å². The summed E-state index contributed by atoms with van der Waals surface area (Å²) in [4.78, 5) is 2.21. The van der Waals surface area contributed by atoms with Crippen LogP contribution in [-0.2, 0) is 6.54 Å². The molecule has 0 heterocycles. The first-order valence-electron chi connectivity index (χ1n) is 6.95. The summed E-state index contributed by atoms with van der Waals surface area (Å²) in [5.41, 5.74) is 3.46. The Kier molecular flexibility index (Phi) is 5.51. The van der Waals surface area contributed by atoms with Gasteiger partial charge in [-0.2, -0.15) is 0 Å². The maximum absolute atomic E-state index is 6.43. The summed E-state index contributed by atoms with van der Waals surface area (Å²) in [7, 11) is 4.01. The Balaban J connectivity index is 2.34. The van der Waals surface area contributed by atoms with Crippen LogP contribution >= 0.6 is 23.2 Å². The van der Waals surface area contributed by atoms with Gasteiger partial charge in [0.05, 0.1) is 16.8 Å². The van der Waals surface area contributed by atoms with E-state index in [0.29, 0.717) is 0 Å². The Bertz CT molecular complexity index is 596. The van der Waals surface area contributed by atoms with E-state index >= 15 is 0 Å². The Morgan fingerprint density at radius 1 is 1.10 bits per heavy atom. The first-order valence-corrected chi connectivity index (χ1v) is 7.70. The predicted octanol–water partition coefficient (Wildman–Crippen LogP) is 4.91. The van der Waals surface area contributed by atoms with Gasteiger partial charge in [-0.3, -0.25) is 0 Å². The molecule has 0 fully saturated rings. The van der Waals surface area contributed by atoms with E-state index in [2.05, 4.69) is 42.4 Å². The lowest BCUT2D eigenvalue weighted by atomic mass is 10.0. The molecular formula is C17H20Cl2N2. The highest BCUT2D eigenvalue weighted by atomic mass is 35.5. The van der Waals surface area contributed by atoms with Gasteiger partial charge in [0.1, 0.15) is 0 Å². The Labute approximate surface area is 136 Å². The van der Waals surface area contributed by atoms with Gasteiger partial charge in [0.15, 0.2) is 0 Å². The van der Waals surface area contributed by atoms with E-state index in [9.17, 15) is 0 Å². The van der Waals surface area contributed by atoms with Crippen LogP contribution in [0.4, 0.5) is 5.69 Å². The molecule has 0 aliphatic carbocycles. The van der Waals surface area contributed by atoms with Gasteiger partial charge >= 0.3 is 0 Å². The maximum atomic E-state index is 6.43. The Morgan fingerprint density at radius 2 is 1.76 bits per heavy atom. The summed E-state index contributed by atoms with van der Waals surface area (Å²) >= 11 is 12.4. The lowest BCUT2D eigenvalue weighted by Gasteiger charge is -2.30. The van der Waals surface area contributed by atoms with Crippen molar-refractivity contribution in [3.63, 3.8) is 0 Å². The van der Waals surface area contributed by atoms with Crippen LogP contribution in [0.25, 0.3) is 0 Å². The van der Waals surface area contributed by atoms with Crippen molar-refractivity contribution < 1.29 is 0 Å². The zero-order valence-corrected chi connectivity index (χ0v) is 14.0. The summed E-state index contributed by atoms with van der Waals surface area (Å²) in [6, 6.07) is 14.2. The molecule has 1 N–H and O–H groups in total. The van der Waals surface area contributed by atoms with E-state index in [0.717, 1.165) is 22.3 Å². The SMILES string of the molecule is CNCc1cccc(Cl)c1N(C)C(C)c1ccc(Cl)cc1. The molecular weight excluding hydrogens is 303 g/mol. The molecule has 112 valence electrons. The normalized spacial score (nSPS) is 12.2. The zero-order valence-electron chi connectivity index (χ0n) is 12.5. The Morgan fingerprint density at radius 3 is 2.38 bits per heavy atom. The standard InChI is InChI=1S/C17H20Cl2N2/c1-12(13-7-9-15(18)10-8-13)21(3)17-14(11-20-2)5-4-6-16(17)19/h4-10,12,20H,11H2,1-3H3. The van der Waals surface area contributed by atoms with Crippen LogP contribution in [0.3, 0.4) is 0 Å². The number of para-hydroxylation sites is 1. The number of halogens is 2. The molecule has 0 spiro atoms. The fourth-order valence-electron chi connectivity index (χ4n) is 2.45. The van der Waals surface area contributed by atoms with Gasteiger partial charge in [-0.1, -0.05) is 47.5 Å². The average molecular weight is 323 g/mol. The smallest absolute Gasteiger partial charge is 0.0643 e. The number of benzene rings is 2. The molecule has 0 radical (unpaired) electrons. The zero-order chi connectivity index (χ0) is 15.4. The number of hydrogen-bond donors (Lipinski definition) is 1. The average Bonchev–Trinajstić information content (AvgIpc) is 2.47. The van der Waals surface area contributed by atoms with E-state index < -0.39 is 0 Å². The molecule has 0 saturated carbocycles. The van der Waals surface area contributed by atoms with Gasteiger partial charge < -0.3 is 10.2 Å². The fourth-order valence-corrected chi connectivity index (χ4v) is 2.90. The van der Waals surface area contributed by atoms with Crippen LogP contribution < -0.4 is 10.2 Å². The van der Waals surface area contributed by atoms with Crippen molar-refractivity contribution in [1.82, 2.24) is 5.32 Å². The van der Waals surface area contributed by atoms with Gasteiger partial charge in [-0.25, -0.2) is 0 Å². The second kappa shape index (κ2) is 7.17. The molecule has 2 nitrogen and oxygen atoms in total. The molecule has 2 aromatic rings. The molecule has 21 heavy (non-hydrogen) atoms. The van der Waals surface area contributed by atoms with Crippen molar-refractivity contribution in [2.75, 3.05) is 19.0 Å². The molecule has 0 aliphatic rings. The number of rotatable bonds is 5. The van der Waals surface area contributed by atoms with Crippen LogP contribution in [0.2, 0.25) is 10.0 Å². The minimum Gasteiger partial charge on any atom is -0.366 e. The highest BCUT2D eigenvalue weighted by molar-refractivity contribution is 6.33. The monoisotopic (exact) mass is 322 g/mol. The van der Waals surface area contributed by atoms with Crippen molar-refractivity contribution in [2.24, 2.45) is 0 Å². The first-order chi connectivity index (χ1) is 10.0. The molecule has 2 rings (SSSR count). The van der Waals surface area contributed by atoms with Crippen LogP contribution in [0.1, 0.15) is 24.1 Å². The van der Waals surface area contributed by atoms with Crippen LogP contribution in [0, 0.1) is 0 Å². The van der Waals surface area contributed by atoms with Gasteiger partial charge in [-0.15, -0.1) is 0 Å². The summed E-state index contributed by atoms with van der Waals surface area (Å²) in [5, 5.41) is 4.71. The van der Waals surface area contributed by atoms with Gasteiger partial charge in [0.2, 0.25) is 0 Å². The van der Waals surface area contributed by atoms with Crippen molar-refractivity contribution in [3.8, 4) is 0 Å². The fraction of sp³-hybridized carbons (Fsp3) is 0.294. The Hall–Kier alpha value is -1.22. The molecule has 2 aromatic carbocycles. The van der Waals surface area contributed by atoms with Crippen LogP contribution in [0.5, 0.6) is 0 Å². The van der Waals surface area contributed by atoms with Crippen molar-refractivity contribution >= 4 is 28.9 Å². The molecule has 0 bridgehead atoms. The van der Waals surface area contributed by atoms with E-state index in [4.69, 9.17) is 23.2 Å². The topological polar surface area (TPSA) is 15.3 Å². The van der Waals surface area contributed by atoms with Crippen molar-refractivity contribution in [2.45, 2.75) is 19.5 Å². The molecule has 1 atom stereocenters. The summed E-state index contributed by atoms with van der Waals surface area (Å²) in [6.45, 7) is 2.95. The summed E-state index contributed by atoms with van der Waals surface area (Å²) in [6.07, 6.45) is 0. The van der Waals surface area contributed by atoms with Crippen LogP contribution in [-0.4, -0.2) is 14.1 Å². The lowest BCUT2D eigenvalue weighted by molar-refractivity contribution is 0.727. The number of nitrogens with one attached hydrogen (secondary N) is 1. The maximum Gasteiger partial charge on any atom is 0.0643 e. The van der Waals surface area contributed by atoms with Gasteiger partial charge in [0, 0.05) is 18.6 Å². The largest absolute Gasteiger partial charge is 0.366 e. The van der Waals surface area contributed by atoms with E-state index in [1.54, 1.807) is 0 Å². The summed E-state index contributed by atoms with van der Waals surface area (Å²) in [5.74, 6) is 0. The molecule has 4 heteroatoms. The lowest BCUT2D eigenvalue weighted by Crippen LogP contribution is -2.24. The van der Waals surface area contributed by atoms with Crippen LogP contribution in [0.15, 0.2) is 42.5 Å². The number of nitrogens with zero attached hydrogens (tertiary/aromatic N) is 1. The predicted molar refractivity (Wildman–Crippen MR) is 92.5 cm³/mol. The van der Waals surface area contributed by atoms with E-state index in [1.165, 1.54) is 11.1 Å². The number of anilines is 1. The molecule has 0 amide bonds. The highest BCUT2D eigenvalue weighted by Gasteiger charge is 2.17. The van der Waals surface area contributed by atoms with Crippen molar-refractivity contribution in [1.29, 1.82) is 0 Å². The van der Waals surface area contributed by atoms with Crippen molar-refractivity contribution in [3.05, 3.63) is 63.6 Å². The van der Waals surface area contributed by atoms with Gasteiger partial charge in [0.25, 0.3) is 0 Å². The number of hydrogen-bond acceptors (Lipinski definition) is 2. The minimum absolute atomic E-state index is 0.206. The third kappa shape index (κ3) is 3.70. The first kappa shape index (κ1) is 16.2. The minimum atomic E-state index is 0.206. The van der Waals surface area contributed by atoms with E-state index in [1.807, 2.05) is 31.3 Å². The third-order valence-corrected chi connectivity index (χ3v) is 4.28. The van der Waals surface area contributed by atoms with Gasteiger partial charge in [-0.05, 0) is 43.3 Å². The molecule has 0 aromatic heterocycles. The highest BCUT2D eigenvalue weighted by Crippen LogP contribution is 2.34. The molecule has 0 aliphatic heterocycles. The second-order valence-electron chi connectivity index (χ2n) is 5.12. The quantitative estimate of drug-likeness (QED) is 0.841. The summed E-state index contributed by atoms with van der Waals surface area (Å²) < 4.78 is 0. The third-order valence-electron chi connectivity index (χ3n) is 3.72. The molecule has 0 saturated heterocycles. The molecule has 1 unspecified atom stereocenters.